The minimum Gasteiger partial charge on any atom is -0.294 e. The van der Waals surface area contributed by atoms with Crippen molar-refractivity contribution >= 4 is 11.6 Å². The lowest BCUT2D eigenvalue weighted by Gasteiger charge is -2.21. The second kappa shape index (κ2) is 7.57. The van der Waals surface area contributed by atoms with E-state index in [0.717, 1.165) is 35.1 Å². The smallest absolute Gasteiger partial charge is 0.168 e. The van der Waals surface area contributed by atoms with E-state index >= 15 is 0 Å². The van der Waals surface area contributed by atoms with Crippen LogP contribution in [0.5, 0.6) is 0 Å². The molecule has 0 heterocycles. The Labute approximate surface area is 157 Å². The van der Waals surface area contributed by atoms with Crippen molar-refractivity contribution in [3.05, 3.63) is 59.7 Å². The number of Topliss-reactive ketones (excluding diaryl/α,β-unsaturated/α-hetero) is 2. The van der Waals surface area contributed by atoms with Gasteiger partial charge in [0.2, 0.25) is 0 Å². The van der Waals surface area contributed by atoms with E-state index in [2.05, 4.69) is 0 Å². The quantitative estimate of drug-likeness (QED) is 0.528. The normalized spacial score (nSPS) is 12.1. The highest BCUT2D eigenvalue weighted by Gasteiger charge is 2.27. The van der Waals surface area contributed by atoms with E-state index in [9.17, 15) is 9.59 Å². The predicted octanol–water partition coefficient (Wildman–Crippen LogP) is 6.59. The summed E-state index contributed by atoms with van der Waals surface area (Å²) in [5, 5.41) is 0. The third-order valence-corrected chi connectivity index (χ3v) is 5.62. The molecule has 2 aromatic carbocycles. The lowest BCUT2D eigenvalue weighted by atomic mass is 9.81. The monoisotopic (exact) mass is 350 g/mol. The summed E-state index contributed by atoms with van der Waals surface area (Å²) < 4.78 is 0. The van der Waals surface area contributed by atoms with Crippen LogP contribution in [0.15, 0.2) is 48.5 Å². The zero-order valence-electron chi connectivity index (χ0n) is 16.8. The van der Waals surface area contributed by atoms with Crippen molar-refractivity contribution in [3.63, 3.8) is 0 Å². The van der Waals surface area contributed by atoms with Gasteiger partial charge in [0.15, 0.2) is 11.6 Å². The molecule has 0 spiro atoms. The Morgan fingerprint density at radius 3 is 1.12 bits per heavy atom. The van der Waals surface area contributed by atoms with Crippen LogP contribution in [0.4, 0.5) is 0 Å². The van der Waals surface area contributed by atoms with Gasteiger partial charge < -0.3 is 0 Å². The predicted molar refractivity (Wildman–Crippen MR) is 109 cm³/mol. The van der Waals surface area contributed by atoms with Crippen molar-refractivity contribution in [2.75, 3.05) is 0 Å². The number of hydrogen-bond donors (Lipinski definition) is 0. The second-order valence-electron chi connectivity index (χ2n) is 8.29. The van der Waals surface area contributed by atoms with Gasteiger partial charge in [0.05, 0.1) is 0 Å². The Hall–Kier alpha value is -2.22. The highest BCUT2D eigenvalue weighted by molar-refractivity contribution is 6.01. The molecule has 0 unspecified atom stereocenters. The summed E-state index contributed by atoms with van der Waals surface area (Å²) in [4.78, 5) is 25.1. The Balaban J connectivity index is 2.23. The van der Waals surface area contributed by atoms with Gasteiger partial charge in [0, 0.05) is 22.0 Å². The lowest BCUT2D eigenvalue weighted by Crippen LogP contribution is -2.23. The Bertz CT molecular complexity index is 708. The van der Waals surface area contributed by atoms with E-state index in [4.69, 9.17) is 0 Å². The Morgan fingerprint density at radius 1 is 0.615 bits per heavy atom. The summed E-state index contributed by atoms with van der Waals surface area (Å²) in [6.45, 7) is 12.0. The van der Waals surface area contributed by atoms with Crippen LogP contribution in [-0.4, -0.2) is 11.6 Å². The zero-order valence-corrected chi connectivity index (χ0v) is 16.8. The van der Waals surface area contributed by atoms with Gasteiger partial charge in [-0.15, -0.1) is 0 Å². The molecule has 2 rings (SSSR count). The van der Waals surface area contributed by atoms with Crippen LogP contribution >= 0.6 is 0 Å². The number of rotatable bonds is 7. The molecule has 0 aliphatic heterocycles. The van der Waals surface area contributed by atoms with E-state index in [1.807, 2.05) is 90.1 Å². The SMILES string of the molecule is CCC(C)(C)C(=O)c1ccc(-c2ccc(C(=O)C(C)(C)CC)cc2)cc1. The maximum absolute atomic E-state index is 12.5. The zero-order chi connectivity index (χ0) is 19.5. The third-order valence-electron chi connectivity index (χ3n) is 5.62. The van der Waals surface area contributed by atoms with Crippen LogP contribution in [0.25, 0.3) is 11.1 Å². The topological polar surface area (TPSA) is 34.1 Å². The fourth-order valence-electron chi connectivity index (χ4n) is 2.73. The van der Waals surface area contributed by atoms with Gasteiger partial charge >= 0.3 is 0 Å². The van der Waals surface area contributed by atoms with Crippen LogP contribution in [0.1, 0.15) is 75.1 Å². The van der Waals surface area contributed by atoms with Crippen molar-refractivity contribution in [2.24, 2.45) is 10.8 Å². The first kappa shape index (κ1) is 20.1. The standard InChI is InChI=1S/C24H30O2/c1-7-23(3,4)21(25)19-13-9-17(10-14-19)18-11-15-20(16-12-18)22(26)24(5,6)8-2/h9-16H,7-8H2,1-6H3. The molecule has 2 nitrogen and oxygen atoms in total. The number of carbonyl (C=O) groups is 2. The van der Waals surface area contributed by atoms with Crippen LogP contribution < -0.4 is 0 Å². The maximum Gasteiger partial charge on any atom is 0.168 e. The molecule has 138 valence electrons. The van der Waals surface area contributed by atoms with Gasteiger partial charge in [-0.2, -0.15) is 0 Å². The average Bonchev–Trinajstić information content (AvgIpc) is 2.67. The molecule has 2 heteroatoms. The summed E-state index contributed by atoms with van der Waals surface area (Å²) in [6, 6.07) is 15.5. The number of hydrogen-bond acceptors (Lipinski definition) is 2. The van der Waals surface area contributed by atoms with Gasteiger partial charge in [0.25, 0.3) is 0 Å². The molecule has 0 saturated carbocycles. The summed E-state index contributed by atoms with van der Waals surface area (Å²) in [6.07, 6.45) is 1.63. The third kappa shape index (κ3) is 4.12. The average molecular weight is 351 g/mol. The molecule has 0 N–H and O–H groups in total. The summed E-state index contributed by atoms with van der Waals surface area (Å²) >= 11 is 0. The fourth-order valence-corrected chi connectivity index (χ4v) is 2.73. The molecule has 0 aliphatic rings. The molecule has 0 bridgehead atoms. The fraction of sp³-hybridized carbons (Fsp3) is 0.417. The van der Waals surface area contributed by atoms with Crippen LogP contribution in [0.3, 0.4) is 0 Å². The van der Waals surface area contributed by atoms with Crippen molar-refractivity contribution in [1.82, 2.24) is 0 Å². The molecular weight excluding hydrogens is 320 g/mol. The van der Waals surface area contributed by atoms with Gasteiger partial charge in [0.1, 0.15) is 0 Å². The van der Waals surface area contributed by atoms with E-state index in [1.165, 1.54) is 0 Å². The van der Waals surface area contributed by atoms with E-state index in [-0.39, 0.29) is 22.4 Å². The minimum absolute atomic E-state index is 0.175. The molecule has 0 aliphatic carbocycles. The largest absolute Gasteiger partial charge is 0.294 e. The number of ketones is 2. The Kier molecular flexibility index (Phi) is 5.85. The molecule has 0 atom stereocenters. The van der Waals surface area contributed by atoms with Gasteiger partial charge in [-0.05, 0) is 24.0 Å². The molecule has 26 heavy (non-hydrogen) atoms. The van der Waals surface area contributed by atoms with Crippen molar-refractivity contribution in [3.8, 4) is 11.1 Å². The van der Waals surface area contributed by atoms with Crippen molar-refractivity contribution in [2.45, 2.75) is 54.4 Å². The first-order valence-corrected chi connectivity index (χ1v) is 9.42. The summed E-state index contributed by atoms with van der Waals surface area (Å²) in [5.41, 5.74) is 2.91. The molecule has 0 saturated heterocycles. The van der Waals surface area contributed by atoms with E-state index in [0.29, 0.717) is 0 Å². The van der Waals surface area contributed by atoms with Gasteiger partial charge in [-0.1, -0.05) is 90.1 Å². The molecule has 2 aromatic rings. The highest BCUT2D eigenvalue weighted by Crippen LogP contribution is 2.29. The second-order valence-corrected chi connectivity index (χ2v) is 8.29. The molecular formula is C24H30O2. The Morgan fingerprint density at radius 2 is 0.885 bits per heavy atom. The van der Waals surface area contributed by atoms with E-state index in [1.54, 1.807) is 0 Å². The molecule has 0 amide bonds. The number of benzene rings is 2. The highest BCUT2D eigenvalue weighted by atomic mass is 16.1. The van der Waals surface area contributed by atoms with Crippen molar-refractivity contribution < 1.29 is 9.59 Å². The van der Waals surface area contributed by atoms with Gasteiger partial charge in [-0.3, -0.25) is 9.59 Å². The maximum atomic E-state index is 12.5. The first-order valence-electron chi connectivity index (χ1n) is 9.42. The summed E-state index contributed by atoms with van der Waals surface area (Å²) in [5.74, 6) is 0.351. The molecule has 0 fully saturated rings. The van der Waals surface area contributed by atoms with E-state index < -0.39 is 0 Å². The van der Waals surface area contributed by atoms with Crippen molar-refractivity contribution in [1.29, 1.82) is 0 Å². The molecule has 0 aromatic heterocycles. The lowest BCUT2D eigenvalue weighted by molar-refractivity contribution is 0.0827. The first-order chi connectivity index (χ1) is 12.1. The van der Waals surface area contributed by atoms with Crippen LogP contribution in [-0.2, 0) is 0 Å². The van der Waals surface area contributed by atoms with Crippen LogP contribution in [0, 0.1) is 10.8 Å². The number of carbonyl (C=O) groups excluding carboxylic acids is 2. The molecule has 0 radical (unpaired) electrons. The summed E-state index contributed by atoms with van der Waals surface area (Å²) in [7, 11) is 0. The minimum atomic E-state index is -0.338. The van der Waals surface area contributed by atoms with Crippen LogP contribution in [0.2, 0.25) is 0 Å². The van der Waals surface area contributed by atoms with Gasteiger partial charge in [-0.25, -0.2) is 0 Å².